The van der Waals surface area contributed by atoms with E-state index in [1.807, 2.05) is 11.4 Å². The van der Waals surface area contributed by atoms with Crippen LogP contribution in [0.2, 0.25) is 0 Å². The van der Waals surface area contributed by atoms with Crippen molar-refractivity contribution in [1.82, 2.24) is 25.1 Å². The third-order valence-electron chi connectivity index (χ3n) is 3.10. The molecule has 0 aliphatic carbocycles. The number of H-pyrrole nitrogens is 1. The fraction of sp³-hybridized carbons (Fsp3) is 0.133. The molecule has 3 aromatic heterocycles. The molecule has 0 bridgehead atoms. The van der Waals surface area contributed by atoms with Crippen molar-refractivity contribution in [3.05, 3.63) is 46.8 Å². The zero-order valence-electron chi connectivity index (χ0n) is 12.8. The maximum absolute atomic E-state index is 12.1. The van der Waals surface area contributed by atoms with E-state index < -0.39 is 0 Å². The average molecular weight is 342 g/mol. The standard InChI is InChI=1S/C15H14N6O2S/c1-21(14(23)11-6-4-8-24-11)9-12(22)17-15-18-13(19-20-15)10-5-2-3-7-16-10/h2-8H,9H2,1H3,(H2,17,18,19,20,22). The summed E-state index contributed by atoms with van der Waals surface area (Å²) in [6.07, 6.45) is 1.64. The van der Waals surface area contributed by atoms with Crippen LogP contribution in [0.5, 0.6) is 0 Å². The lowest BCUT2D eigenvalue weighted by Crippen LogP contribution is -2.34. The van der Waals surface area contributed by atoms with Gasteiger partial charge in [0, 0.05) is 13.2 Å². The number of likely N-dealkylation sites (N-methyl/N-ethyl adjacent to an activating group) is 1. The molecule has 0 saturated heterocycles. The monoisotopic (exact) mass is 342 g/mol. The predicted molar refractivity (Wildman–Crippen MR) is 89.5 cm³/mol. The lowest BCUT2D eigenvalue weighted by molar-refractivity contribution is -0.116. The van der Waals surface area contributed by atoms with E-state index in [9.17, 15) is 9.59 Å². The van der Waals surface area contributed by atoms with Gasteiger partial charge in [-0.15, -0.1) is 16.4 Å². The van der Waals surface area contributed by atoms with Crippen molar-refractivity contribution in [2.45, 2.75) is 0 Å². The zero-order valence-corrected chi connectivity index (χ0v) is 13.6. The topological polar surface area (TPSA) is 104 Å². The number of anilines is 1. The number of thiophene rings is 1. The highest BCUT2D eigenvalue weighted by atomic mass is 32.1. The molecule has 0 radical (unpaired) electrons. The first-order valence-electron chi connectivity index (χ1n) is 7.06. The van der Waals surface area contributed by atoms with Crippen molar-refractivity contribution in [1.29, 1.82) is 0 Å². The molecule has 3 heterocycles. The Hall–Kier alpha value is -3.07. The van der Waals surface area contributed by atoms with Crippen LogP contribution in [-0.4, -0.2) is 50.5 Å². The summed E-state index contributed by atoms with van der Waals surface area (Å²) in [6, 6.07) is 8.91. The Morgan fingerprint density at radius 3 is 2.88 bits per heavy atom. The minimum atomic E-state index is -0.381. The van der Waals surface area contributed by atoms with Crippen molar-refractivity contribution in [2.75, 3.05) is 18.9 Å². The summed E-state index contributed by atoms with van der Waals surface area (Å²) in [5, 5.41) is 11.0. The van der Waals surface area contributed by atoms with Crippen molar-refractivity contribution in [3.8, 4) is 11.5 Å². The smallest absolute Gasteiger partial charge is 0.264 e. The number of aromatic amines is 1. The molecule has 8 nitrogen and oxygen atoms in total. The van der Waals surface area contributed by atoms with E-state index in [0.717, 1.165) is 0 Å². The summed E-state index contributed by atoms with van der Waals surface area (Å²) in [5.74, 6) is 0.00447. The van der Waals surface area contributed by atoms with Gasteiger partial charge in [0.05, 0.1) is 11.4 Å². The number of hydrogen-bond donors (Lipinski definition) is 2. The third kappa shape index (κ3) is 3.63. The van der Waals surface area contributed by atoms with Crippen LogP contribution in [-0.2, 0) is 4.79 Å². The van der Waals surface area contributed by atoms with E-state index >= 15 is 0 Å². The number of rotatable bonds is 5. The molecule has 2 N–H and O–H groups in total. The Balaban J connectivity index is 1.59. The first kappa shape index (κ1) is 15.8. The van der Waals surface area contributed by atoms with Crippen LogP contribution in [0, 0.1) is 0 Å². The second kappa shape index (κ2) is 7.01. The Kier molecular flexibility index (Phi) is 4.62. The first-order chi connectivity index (χ1) is 11.6. The van der Waals surface area contributed by atoms with Crippen LogP contribution in [0.25, 0.3) is 11.5 Å². The molecule has 0 atom stereocenters. The number of nitrogens with one attached hydrogen (secondary N) is 2. The number of aromatic nitrogens is 4. The lowest BCUT2D eigenvalue weighted by Gasteiger charge is -2.14. The maximum Gasteiger partial charge on any atom is 0.264 e. The Bertz CT molecular complexity index is 831. The third-order valence-corrected chi connectivity index (χ3v) is 3.96. The molecule has 2 amide bonds. The number of hydrogen-bond acceptors (Lipinski definition) is 6. The van der Waals surface area contributed by atoms with Gasteiger partial charge in [-0.25, -0.2) is 0 Å². The summed E-state index contributed by atoms with van der Waals surface area (Å²) in [5.41, 5.74) is 0.621. The molecule has 9 heteroatoms. The Morgan fingerprint density at radius 1 is 1.29 bits per heavy atom. The summed E-state index contributed by atoms with van der Waals surface area (Å²) in [4.78, 5) is 34.4. The Labute approximate surface area is 141 Å². The quantitative estimate of drug-likeness (QED) is 0.733. The van der Waals surface area contributed by atoms with Crippen LogP contribution in [0.15, 0.2) is 41.9 Å². The van der Waals surface area contributed by atoms with Crippen LogP contribution >= 0.6 is 11.3 Å². The van der Waals surface area contributed by atoms with Gasteiger partial charge in [0.25, 0.3) is 5.91 Å². The van der Waals surface area contributed by atoms with Gasteiger partial charge in [-0.3, -0.25) is 25.0 Å². The highest BCUT2D eigenvalue weighted by molar-refractivity contribution is 7.12. The molecule has 24 heavy (non-hydrogen) atoms. The summed E-state index contributed by atoms with van der Waals surface area (Å²) in [7, 11) is 1.57. The molecule has 0 aromatic carbocycles. The highest BCUT2D eigenvalue weighted by Crippen LogP contribution is 2.13. The number of amides is 2. The van der Waals surface area contributed by atoms with Crippen molar-refractivity contribution >= 4 is 29.1 Å². The molecular formula is C15H14N6O2S. The van der Waals surface area contributed by atoms with E-state index in [-0.39, 0.29) is 24.3 Å². The van der Waals surface area contributed by atoms with Gasteiger partial charge in [-0.1, -0.05) is 12.1 Å². The van der Waals surface area contributed by atoms with E-state index in [2.05, 4.69) is 25.5 Å². The molecule has 0 saturated carbocycles. The predicted octanol–water partition coefficient (Wildman–Crippen LogP) is 1.64. The van der Waals surface area contributed by atoms with Crippen LogP contribution < -0.4 is 5.32 Å². The maximum atomic E-state index is 12.1. The van der Waals surface area contributed by atoms with Gasteiger partial charge in [0.15, 0.2) is 5.82 Å². The largest absolute Gasteiger partial charge is 0.332 e. The summed E-state index contributed by atoms with van der Waals surface area (Å²) in [6.45, 7) is -0.0931. The minimum absolute atomic E-state index is 0.0931. The SMILES string of the molecule is CN(CC(=O)Nc1n[nH]c(-c2ccccn2)n1)C(=O)c1cccs1. The molecule has 0 fully saturated rings. The molecule has 0 aliphatic rings. The average Bonchev–Trinajstić information content (AvgIpc) is 3.26. The fourth-order valence-electron chi connectivity index (χ4n) is 1.97. The Morgan fingerprint density at radius 2 is 2.17 bits per heavy atom. The fourth-order valence-corrected chi connectivity index (χ4v) is 2.69. The molecule has 122 valence electrons. The van der Waals surface area contributed by atoms with Gasteiger partial charge in [-0.05, 0) is 23.6 Å². The van der Waals surface area contributed by atoms with Crippen LogP contribution in [0.4, 0.5) is 5.95 Å². The van der Waals surface area contributed by atoms with Gasteiger partial charge in [-0.2, -0.15) is 4.98 Å². The van der Waals surface area contributed by atoms with Gasteiger partial charge in [0.2, 0.25) is 11.9 Å². The van der Waals surface area contributed by atoms with E-state index in [1.165, 1.54) is 16.2 Å². The minimum Gasteiger partial charge on any atom is -0.332 e. The van der Waals surface area contributed by atoms with Crippen molar-refractivity contribution in [3.63, 3.8) is 0 Å². The first-order valence-corrected chi connectivity index (χ1v) is 7.94. The second-order valence-corrected chi connectivity index (χ2v) is 5.86. The number of nitrogens with zero attached hydrogens (tertiary/aromatic N) is 4. The molecule has 0 aliphatic heterocycles. The lowest BCUT2D eigenvalue weighted by atomic mass is 10.3. The normalized spacial score (nSPS) is 10.4. The highest BCUT2D eigenvalue weighted by Gasteiger charge is 2.17. The number of pyridine rings is 1. The molecule has 3 rings (SSSR count). The molecule has 3 aromatic rings. The number of carbonyl (C=O) groups excluding carboxylic acids is 2. The number of carbonyl (C=O) groups is 2. The summed E-state index contributed by atoms with van der Waals surface area (Å²) < 4.78 is 0. The van der Waals surface area contributed by atoms with E-state index in [4.69, 9.17) is 0 Å². The van der Waals surface area contributed by atoms with Crippen LogP contribution in [0.1, 0.15) is 9.67 Å². The van der Waals surface area contributed by atoms with E-state index in [0.29, 0.717) is 16.4 Å². The molecule has 0 unspecified atom stereocenters. The van der Waals surface area contributed by atoms with Crippen LogP contribution in [0.3, 0.4) is 0 Å². The van der Waals surface area contributed by atoms with Gasteiger partial charge >= 0.3 is 0 Å². The molecule has 0 spiro atoms. The second-order valence-electron chi connectivity index (χ2n) is 4.91. The van der Waals surface area contributed by atoms with Gasteiger partial charge < -0.3 is 4.90 Å². The summed E-state index contributed by atoms with van der Waals surface area (Å²) >= 11 is 1.33. The zero-order chi connectivity index (χ0) is 16.9. The van der Waals surface area contributed by atoms with Crippen molar-refractivity contribution < 1.29 is 9.59 Å². The van der Waals surface area contributed by atoms with Crippen molar-refractivity contribution in [2.24, 2.45) is 0 Å². The molecular weight excluding hydrogens is 328 g/mol. The van der Waals surface area contributed by atoms with Gasteiger partial charge in [0.1, 0.15) is 5.69 Å². The van der Waals surface area contributed by atoms with E-state index in [1.54, 1.807) is 37.5 Å².